The monoisotopic (exact) mass is 852 g/mol. The lowest BCUT2D eigenvalue weighted by Gasteiger charge is -2.40. The van der Waals surface area contributed by atoms with E-state index in [0.29, 0.717) is 19.3 Å². The first kappa shape index (κ1) is 56.1. The van der Waals surface area contributed by atoms with E-state index < -0.39 is 74.2 Å². The quantitative estimate of drug-likeness (QED) is 0.0221. The molecule has 1 aliphatic heterocycles. The predicted octanol–water partition coefficient (Wildman–Crippen LogP) is 8.17. The van der Waals surface area contributed by atoms with Gasteiger partial charge in [0, 0.05) is 0 Å². The van der Waals surface area contributed by atoms with Gasteiger partial charge in [-0.2, -0.15) is 0 Å². The fourth-order valence-corrected chi connectivity index (χ4v) is 7.28. The van der Waals surface area contributed by atoms with Crippen LogP contribution >= 0.6 is 0 Å². The van der Waals surface area contributed by atoms with Gasteiger partial charge in [-0.25, -0.2) is 0 Å². The van der Waals surface area contributed by atoms with Crippen molar-refractivity contribution in [3.63, 3.8) is 0 Å². The van der Waals surface area contributed by atoms with Gasteiger partial charge in [-0.05, 0) is 83.5 Å². The Morgan fingerprint density at radius 1 is 0.567 bits per heavy atom. The van der Waals surface area contributed by atoms with Crippen LogP contribution in [0.1, 0.15) is 187 Å². The van der Waals surface area contributed by atoms with Gasteiger partial charge < -0.3 is 50.5 Å². The van der Waals surface area contributed by atoms with Crippen molar-refractivity contribution in [3.8, 4) is 0 Å². The fraction of sp³-hybridized carbons (Fsp3) is 0.816. The molecule has 0 aromatic carbocycles. The Bertz CT molecular complexity index is 1110. The Hall–Kier alpha value is -1.93. The number of carbonyl (C=O) groups excluding carboxylic acids is 1. The minimum atomic E-state index is -1.67. The molecule has 0 aromatic rings. The van der Waals surface area contributed by atoms with Crippen molar-refractivity contribution in [2.45, 2.75) is 242 Å². The van der Waals surface area contributed by atoms with E-state index in [1.165, 1.54) is 83.5 Å². The highest BCUT2D eigenvalue weighted by Crippen LogP contribution is 2.23. The van der Waals surface area contributed by atoms with E-state index in [0.717, 1.165) is 57.8 Å². The topological polar surface area (TPSA) is 189 Å². The van der Waals surface area contributed by atoms with Gasteiger partial charge in [0.1, 0.15) is 36.6 Å². The van der Waals surface area contributed by atoms with Crippen molar-refractivity contribution in [2.24, 2.45) is 0 Å². The molecule has 9 unspecified atom stereocenters. The third-order valence-electron chi connectivity index (χ3n) is 11.3. The van der Waals surface area contributed by atoms with Crippen LogP contribution in [0.25, 0.3) is 0 Å². The number of aliphatic hydroxyl groups is 7. The van der Waals surface area contributed by atoms with Gasteiger partial charge in [0.15, 0.2) is 6.29 Å². The van der Waals surface area contributed by atoms with Crippen molar-refractivity contribution in [1.29, 1.82) is 0 Å². The lowest BCUT2D eigenvalue weighted by Crippen LogP contribution is -2.60. The van der Waals surface area contributed by atoms with Crippen molar-refractivity contribution >= 4 is 5.91 Å². The Morgan fingerprint density at radius 3 is 1.53 bits per heavy atom. The summed E-state index contributed by atoms with van der Waals surface area (Å²) in [4.78, 5) is 13.0. The Labute approximate surface area is 364 Å². The van der Waals surface area contributed by atoms with Gasteiger partial charge in [0.2, 0.25) is 5.91 Å². The van der Waals surface area contributed by atoms with E-state index in [1.54, 1.807) is 0 Å². The molecular weight excluding hydrogens is 763 g/mol. The third kappa shape index (κ3) is 27.9. The molecule has 60 heavy (non-hydrogen) atoms. The molecular formula is C49H89NO10. The normalized spacial score (nSPS) is 22.1. The van der Waals surface area contributed by atoms with Crippen molar-refractivity contribution in [1.82, 2.24) is 5.32 Å². The Morgan fingerprint density at radius 2 is 1.02 bits per heavy atom. The maximum absolute atomic E-state index is 13.0. The summed E-state index contributed by atoms with van der Waals surface area (Å²) >= 11 is 0. The molecule has 1 fully saturated rings. The molecule has 8 N–H and O–H groups in total. The molecule has 0 aromatic heterocycles. The molecule has 1 heterocycles. The van der Waals surface area contributed by atoms with Crippen LogP contribution in [0.15, 0.2) is 48.6 Å². The summed E-state index contributed by atoms with van der Waals surface area (Å²) in [7, 11) is 0. The SMILES string of the molecule is CCCC/C=C\CCCCCC(O)C(=O)NC(COC1OC(CO)C(O)C(O)C1O)C(O)C(O)CCC/C=C/CC/C=C/CC/C=C/CCCCCCCCCCCCC. The molecule has 1 amide bonds. The highest BCUT2D eigenvalue weighted by atomic mass is 16.7. The van der Waals surface area contributed by atoms with Crippen LogP contribution in [0.3, 0.4) is 0 Å². The first-order valence-corrected chi connectivity index (χ1v) is 24.0. The molecule has 350 valence electrons. The molecule has 11 nitrogen and oxygen atoms in total. The van der Waals surface area contributed by atoms with Gasteiger partial charge in [0.05, 0.1) is 25.4 Å². The van der Waals surface area contributed by atoms with Gasteiger partial charge >= 0.3 is 0 Å². The number of unbranched alkanes of at least 4 members (excludes halogenated alkanes) is 19. The number of amides is 1. The first-order chi connectivity index (χ1) is 29.2. The largest absolute Gasteiger partial charge is 0.394 e. The highest BCUT2D eigenvalue weighted by molar-refractivity contribution is 5.80. The number of carbonyl (C=O) groups is 1. The standard InChI is InChI=1S/C49H89NO10/c1-3-5-7-9-11-13-14-15-16-17-18-19-20-21-22-23-24-25-26-27-29-30-32-34-36-41(52)44(54)40(39-59-49-47(57)46(56)45(55)43(38-51)60-49)50-48(58)42(53)37-35-33-31-28-12-10-8-6-4-2/h10,12,20-21,24-25,29-30,40-47,49,51-57H,3-9,11,13-19,22-23,26-28,31-39H2,1-2H3,(H,50,58)/b12-10-,21-20+,25-24+,30-29+. The first-order valence-electron chi connectivity index (χ1n) is 24.0. The summed E-state index contributed by atoms with van der Waals surface area (Å²) in [6.45, 7) is 3.34. The molecule has 1 saturated heterocycles. The number of aliphatic hydroxyl groups excluding tert-OH is 7. The molecule has 0 spiro atoms. The number of hydrogen-bond donors (Lipinski definition) is 8. The molecule has 9 atom stereocenters. The van der Waals surface area contributed by atoms with Crippen LogP contribution in [0.5, 0.6) is 0 Å². The predicted molar refractivity (Wildman–Crippen MR) is 242 cm³/mol. The Balaban J connectivity index is 2.41. The van der Waals surface area contributed by atoms with E-state index in [4.69, 9.17) is 9.47 Å². The zero-order valence-corrected chi connectivity index (χ0v) is 37.7. The molecule has 1 rings (SSSR count). The second-order valence-corrected chi connectivity index (χ2v) is 16.8. The van der Waals surface area contributed by atoms with Gasteiger partial charge in [-0.1, -0.05) is 152 Å². The summed E-state index contributed by atoms with van der Waals surface area (Å²) in [5.74, 6) is -0.730. The van der Waals surface area contributed by atoms with E-state index in [2.05, 4.69) is 67.8 Å². The van der Waals surface area contributed by atoms with Gasteiger partial charge in [-0.15, -0.1) is 0 Å². The van der Waals surface area contributed by atoms with Crippen molar-refractivity contribution in [2.75, 3.05) is 13.2 Å². The van der Waals surface area contributed by atoms with E-state index in [-0.39, 0.29) is 12.8 Å². The van der Waals surface area contributed by atoms with Gasteiger partial charge in [-0.3, -0.25) is 4.79 Å². The number of nitrogens with one attached hydrogen (secondary N) is 1. The third-order valence-corrected chi connectivity index (χ3v) is 11.3. The van der Waals surface area contributed by atoms with Gasteiger partial charge in [0.25, 0.3) is 0 Å². The zero-order valence-electron chi connectivity index (χ0n) is 37.7. The highest BCUT2D eigenvalue weighted by Gasteiger charge is 2.44. The molecule has 1 aliphatic rings. The van der Waals surface area contributed by atoms with E-state index in [9.17, 15) is 40.5 Å². The molecule has 0 radical (unpaired) electrons. The van der Waals surface area contributed by atoms with Crippen LogP contribution in [0.2, 0.25) is 0 Å². The summed E-state index contributed by atoms with van der Waals surface area (Å²) in [6, 6.07) is -1.20. The molecule has 11 heteroatoms. The lowest BCUT2D eigenvalue weighted by molar-refractivity contribution is -0.303. The number of hydrogen-bond acceptors (Lipinski definition) is 10. The van der Waals surface area contributed by atoms with Crippen LogP contribution in [-0.4, -0.2) is 110 Å². The maximum atomic E-state index is 13.0. The molecule has 0 bridgehead atoms. The minimum Gasteiger partial charge on any atom is -0.394 e. The summed E-state index contributed by atoms with van der Waals surface area (Å²) < 4.78 is 11.0. The maximum Gasteiger partial charge on any atom is 0.249 e. The summed E-state index contributed by atoms with van der Waals surface area (Å²) in [6.07, 6.45) is 34.8. The smallest absolute Gasteiger partial charge is 0.249 e. The van der Waals surface area contributed by atoms with Crippen LogP contribution in [0, 0.1) is 0 Å². The summed E-state index contributed by atoms with van der Waals surface area (Å²) in [5.41, 5.74) is 0. The fourth-order valence-electron chi connectivity index (χ4n) is 7.28. The zero-order chi connectivity index (χ0) is 44.1. The molecule has 0 saturated carbocycles. The number of allylic oxidation sites excluding steroid dienone is 8. The number of ether oxygens (including phenoxy) is 2. The average Bonchev–Trinajstić information content (AvgIpc) is 3.25. The number of rotatable bonds is 39. The second kappa shape index (κ2) is 38.7. The van der Waals surface area contributed by atoms with Crippen molar-refractivity contribution < 1.29 is 50.0 Å². The Kier molecular flexibility index (Phi) is 36.2. The minimum absolute atomic E-state index is 0.226. The van der Waals surface area contributed by atoms with E-state index in [1.807, 2.05) is 0 Å². The molecule has 0 aliphatic carbocycles. The lowest BCUT2D eigenvalue weighted by atomic mass is 9.98. The summed E-state index contributed by atoms with van der Waals surface area (Å²) in [5, 5.41) is 75.4. The second-order valence-electron chi connectivity index (χ2n) is 16.8. The average molecular weight is 852 g/mol. The van der Waals surface area contributed by atoms with Crippen molar-refractivity contribution in [3.05, 3.63) is 48.6 Å². The van der Waals surface area contributed by atoms with Crippen LogP contribution in [-0.2, 0) is 14.3 Å². The van der Waals surface area contributed by atoms with Crippen LogP contribution in [0.4, 0.5) is 0 Å². The van der Waals surface area contributed by atoms with E-state index >= 15 is 0 Å². The van der Waals surface area contributed by atoms with Crippen LogP contribution < -0.4 is 5.32 Å².